The lowest BCUT2D eigenvalue weighted by atomic mass is 10.2. The molecule has 0 aliphatic heterocycles. The van der Waals surface area contributed by atoms with Gasteiger partial charge in [0.2, 0.25) is 0 Å². The zero-order valence-corrected chi connectivity index (χ0v) is 11.8. The van der Waals surface area contributed by atoms with Gasteiger partial charge in [0.15, 0.2) is 0 Å². The van der Waals surface area contributed by atoms with Gasteiger partial charge >= 0.3 is 0 Å². The van der Waals surface area contributed by atoms with Crippen molar-refractivity contribution in [2.75, 3.05) is 12.8 Å². The maximum Gasteiger partial charge on any atom is 0.0542 e. The first-order chi connectivity index (χ1) is 7.03. The van der Waals surface area contributed by atoms with Gasteiger partial charge in [0.05, 0.1) is 5.69 Å². The van der Waals surface area contributed by atoms with Crippen molar-refractivity contribution in [3.63, 3.8) is 0 Å². The van der Waals surface area contributed by atoms with Crippen LogP contribution < -0.4 is 5.32 Å². The third-order valence-electron chi connectivity index (χ3n) is 2.20. The van der Waals surface area contributed by atoms with Gasteiger partial charge in [-0.05, 0) is 48.2 Å². The van der Waals surface area contributed by atoms with Gasteiger partial charge in [0, 0.05) is 28.5 Å². The number of rotatable bonds is 5. The molecule has 0 radical (unpaired) electrons. The molecule has 1 heterocycles. The van der Waals surface area contributed by atoms with E-state index in [0.29, 0.717) is 0 Å². The quantitative estimate of drug-likeness (QED) is 0.901. The van der Waals surface area contributed by atoms with Crippen LogP contribution in [0, 0.1) is 0 Å². The molecule has 0 aliphatic carbocycles. The minimum atomic E-state index is 0.287. The summed E-state index contributed by atoms with van der Waals surface area (Å²) >= 11 is 5.24. The molecule has 0 bridgehead atoms. The van der Waals surface area contributed by atoms with Gasteiger partial charge < -0.3 is 5.32 Å². The first-order valence-corrected chi connectivity index (χ1v) is 6.91. The molecule has 1 rings (SSSR count). The summed E-state index contributed by atoms with van der Waals surface area (Å²) in [6.45, 7) is 6.29. The van der Waals surface area contributed by atoms with Crippen LogP contribution in [0.3, 0.4) is 0 Å². The lowest BCUT2D eigenvalue weighted by Gasteiger charge is -2.22. The van der Waals surface area contributed by atoms with Crippen LogP contribution in [0.15, 0.2) is 22.8 Å². The van der Waals surface area contributed by atoms with Crippen LogP contribution >= 0.6 is 27.7 Å². The summed E-state index contributed by atoms with van der Waals surface area (Å²) in [6, 6.07) is 4.05. The highest BCUT2D eigenvalue weighted by Gasteiger charge is 2.14. The smallest absolute Gasteiger partial charge is 0.0542 e. The Labute approximate surface area is 104 Å². The third-order valence-corrected chi connectivity index (χ3v) is 3.92. The standard InChI is InChI=1S/C11H17BrN2S/c1-11(2,15-3)8-13-7-10-5-4-9(12)6-14-10/h4-6,13H,7-8H2,1-3H3. The molecule has 0 amide bonds. The lowest BCUT2D eigenvalue weighted by Crippen LogP contribution is -2.31. The second-order valence-corrected chi connectivity index (χ2v) is 6.46. The molecule has 1 aromatic rings. The summed E-state index contributed by atoms with van der Waals surface area (Å²) < 4.78 is 1.31. The van der Waals surface area contributed by atoms with E-state index in [-0.39, 0.29) is 4.75 Å². The molecule has 0 aromatic carbocycles. The van der Waals surface area contributed by atoms with E-state index in [1.165, 1.54) is 0 Å². The largest absolute Gasteiger partial charge is 0.310 e. The van der Waals surface area contributed by atoms with Crippen LogP contribution in [-0.4, -0.2) is 22.5 Å². The van der Waals surface area contributed by atoms with E-state index in [1.54, 1.807) is 0 Å². The maximum absolute atomic E-state index is 4.31. The molecule has 15 heavy (non-hydrogen) atoms. The van der Waals surface area contributed by atoms with Crippen LogP contribution in [0.2, 0.25) is 0 Å². The van der Waals surface area contributed by atoms with E-state index in [9.17, 15) is 0 Å². The molecular weight excluding hydrogens is 272 g/mol. The van der Waals surface area contributed by atoms with E-state index in [0.717, 1.165) is 23.3 Å². The van der Waals surface area contributed by atoms with Crippen molar-refractivity contribution in [2.24, 2.45) is 0 Å². The van der Waals surface area contributed by atoms with Crippen LogP contribution in [0.1, 0.15) is 19.5 Å². The van der Waals surface area contributed by atoms with Gasteiger partial charge in [-0.1, -0.05) is 0 Å². The summed E-state index contributed by atoms with van der Waals surface area (Å²) in [4.78, 5) is 4.31. The summed E-state index contributed by atoms with van der Waals surface area (Å²) in [6.07, 6.45) is 3.97. The number of hydrogen-bond donors (Lipinski definition) is 1. The summed E-state index contributed by atoms with van der Waals surface area (Å²) in [5, 5.41) is 3.41. The van der Waals surface area contributed by atoms with Crippen molar-refractivity contribution in [3.8, 4) is 0 Å². The minimum Gasteiger partial charge on any atom is -0.310 e. The molecule has 0 atom stereocenters. The SMILES string of the molecule is CSC(C)(C)CNCc1ccc(Br)cn1. The Morgan fingerprint density at radius 3 is 2.73 bits per heavy atom. The van der Waals surface area contributed by atoms with E-state index < -0.39 is 0 Å². The fourth-order valence-corrected chi connectivity index (χ4v) is 1.56. The highest BCUT2D eigenvalue weighted by Crippen LogP contribution is 2.19. The molecule has 0 fully saturated rings. The Balaban J connectivity index is 2.35. The van der Waals surface area contributed by atoms with Gasteiger partial charge in [0.25, 0.3) is 0 Å². The Bertz CT molecular complexity index is 298. The number of hydrogen-bond acceptors (Lipinski definition) is 3. The van der Waals surface area contributed by atoms with Crippen LogP contribution in [-0.2, 0) is 6.54 Å². The van der Waals surface area contributed by atoms with Gasteiger partial charge in [-0.3, -0.25) is 4.98 Å². The molecule has 0 unspecified atom stereocenters. The highest BCUT2D eigenvalue weighted by molar-refractivity contribution is 9.10. The van der Waals surface area contributed by atoms with E-state index in [4.69, 9.17) is 0 Å². The first-order valence-electron chi connectivity index (χ1n) is 4.90. The third kappa shape index (κ3) is 5.00. The zero-order valence-electron chi connectivity index (χ0n) is 9.38. The topological polar surface area (TPSA) is 24.9 Å². The number of nitrogens with one attached hydrogen (secondary N) is 1. The highest BCUT2D eigenvalue weighted by atomic mass is 79.9. The molecule has 0 spiro atoms. The van der Waals surface area contributed by atoms with E-state index >= 15 is 0 Å². The second-order valence-electron chi connectivity index (χ2n) is 4.04. The summed E-state index contributed by atoms with van der Waals surface area (Å²) in [5.41, 5.74) is 1.08. The average Bonchev–Trinajstić information content (AvgIpc) is 2.21. The number of thioether (sulfide) groups is 1. The molecule has 0 saturated carbocycles. The zero-order chi connectivity index (χ0) is 11.3. The number of pyridine rings is 1. The van der Waals surface area contributed by atoms with Gasteiger partial charge in [-0.2, -0.15) is 11.8 Å². The molecule has 1 N–H and O–H groups in total. The Morgan fingerprint density at radius 2 is 2.20 bits per heavy atom. The number of nitrogens with zero attached hydrogens (tertiary/aromatic N) is 1. The van der Waals surface area contributed by atoms with Crippen molar-refractivity contribution in [1.29, 1.82) is 0 Å². The molecular formula is C11H17BrN2S. The van der Waals surface area contributed by atoms with Gasteiger partial charge in [-0.25, -0.2) is 0 Å². The molecule has 1 aromatic heterocycles. The predicted octanol–water partition coefficient (Wildman–Crippen LogP) is 3.08. The normalized spacial score (nSPS) is 11.7. The molecule has 0 saturated heterocycles. The number of halogens is 1. The summed E-state index contributed by atoms with van der Waals surface area (Å²) in [5.74, 6) is 0. The predicted molar refractivity (Wildman–Crippen MR) is 71.2 cm³/mol. The van der Waals surface area contributed by atoms with Gasteiger partial charge in [-0.15, -0.1) is 0 Å². The van der Waals surface area contributed by atoms with Crippen LogP contribution in [0.25, 0.3) is 0 Å². The lowest BCUT2D eigenvalue weighted by molar-refractivity contribution is 0.585. The van der Waals surface area contributed by atoms with Crippen molar-refractivity contribution < 1.29 is 0 Å². The van der Waals surface area contributed by atoms with Crippen LogP contribution in [0.5, 0.6) is 0 Å². The maximum atomic E-state index is 4.31. The van der Waals surface area contributed by atoms with E-state index in [1.807, 2.05) is 30.1 Å². The monoisotopic (exact) mass is 288 g/mol. The van der Waals surface area contributed by atoms with Crippen molar-refractivity contribution >= 4 is 27.7 Å². The minimum absolute atomic E-state index is 0.287. The second kappa shape index (κ2) is 5.87. The molecule has 0 aliphatic rings. The average molecular weight is 289 g/mol. The Kier molecular flexibility index (Phi) is 5.09. The molecule has 4 heteroatoms. The van der Waals surface area contributed by atoms with Crippen molar-refractivity contribution in [2.45, 2.75) is 25.1 Å². The summed E-state index contributed by atoms with van der Waals surface area (Å²) in [7, 11) is 0. The Morgan fingerprint density at radius 1 is 1.47 bits per heavy atom. The Hall–Kier alpha value is -0.0600. The molecule has 2 nitrogen and oxygen atoms in total. The fourth-order valence-electron chi connectivity index (χ4n) is 1.07. The van der Waals surface area contributed by atoms with Crippen molar-refractivity contribution in [1.82, 2.24) is 10.3 Å². The van der Waals surface area contributed by atoms with E-state index in [2.05, 4.69) is 46.3 Å². The first kappa shape index (κ1) is 13.0. The fraction of sp³-hybridized carbons (Fsp3) is 0.545. The van der Waals surface area contributed by atoms with Crippen LogP contribution in [0.4, 0.5) is 0 Å². The molecule has 84 valence electrons. The van der Waals surface area contributed by atoms with Gasteiger partial charge in [0.1, 0.15) is 0 Å². The number of aromatic nitrogens is 1. The van der Waals surface area contributed by atoms with Crippen molar-refractivity contribution in [3.05, 3.63) is 28.5 Å².